The minimum absolute atomic E-state index is 0. The smallest absolute Gasteiger partial charge is 0.273 e. The van der Waals surface area contributed by atoms with E-state index in [1.54, 1.807) is 0 Å². The van der Waals surface area contributed by atoms with Gasteiger partial charge in [0.25, 0.3) is 5.91 Å². The van der Waals surface area contributed by atoms with E-state index < -0.39 is 0 Å². The van der Waals surface area contributed by atoms with Gasteiger partial charge in [0.1, 0.15) is 0 Å². The first-order valence-electron chi connectivity index (χ1n) is 9.30. The molecule has 26 heavy (non-hydrogen) atoms. The van der Waals surface area contributed by atoms with Crippen LogP contribution in [0.15, 0.2) is 0 Å². The zero-order chi connectivity index (χ0) is 17.4. The molecule has 0 radical (unpaired) electrons. The number of hydrogen-bond donors (Lipinski definition) is 2. The summed E-state index contributed by atoms with van der Waals surface area (Å²) in [7, 11) is 0. The van der Waals surface area contributed by atoms with E-state index in [1.807, 2.05) is 11.6 Å². The Balaban J connectivity index is 0.00000312. The molecule has 0 aromatic carbocycles. The van der Waals surface area contributed by atoms with Crippen LogP contribution < -0.4 is 10.6 Å². The van der Waals surface area contributed by atoms with E-state index in [0.717, 1.165) is 64.1 Å². The lowest BCUT2D eigenvalue weighted by molar-refractivity contribution is 0.0947. The first-order chi connectivity index (χ1) is 11.7. The Morgan fingerprint density at radius 1 is 1.23 bits per heavy atom. The third-order valence-corrected chi connectivity index (χ3v) is 4.88. The van der Waals surface area contributed by atoms with Crippen molar-refractivity contribution in [3.8, 4) is 0 Å². The maximum atomic E-state index is 12.3. The molecule has 9 heteroatoms. The van der Waals surface area contributed by atoms with E-state index in [-0.39, 0.29) is 30.7 Å². The Morgan fingerprint density at radius 2 is 1.88 bits per heavy atom. The number of rotatable bonds is 9. The van der Waals surface area contributed by atoms with Gasteiger partial charge in [0.15, 0.2) is 5.69 Å². The molecule has 0 bridgehead atoms. The number of nitrogens with zero attached hydrogens (tertiary/aromatic N) is 4. The Bertz CT molecular complexity index is 515. The maximum absolute atomic E-state index is 12.3. The van der Waals surface area contributed by atoms with E-state index in [1.165, 1.54) is 0 Å². The average Bonchev–Trinajstić information content (AvgIpc) is 3.00. The van der Waals surface area contributed by atoms with Crippen LogP contribution in [-0.2, 0) is 0 Å². The molecule has 0 atom stereocenters. The summed E-state index contributed by atoms with van der Waals surface area (Å²) < 4.78 is 1.93. The van der Waals surface area contributed by atoms with Crippen LogP contribution in [0.2, 0.25) is 0 Å². The normalized spacial score (nSPS) is 14.6. The Kier molecular flexibility index (Phi) is 12.8. The van der Waals surface area contributed by atoms with Gasteiger partial charge in [-0.2, -0.15) is 0 Å². The molecule has 1 saturated heterocycles. The molecular weight excluding hydrogens is 375 g/mol. The summed E-state index contributed by atoms with van der Waals surface area (Å²) in [6.45, 7) is 12.3. The summed E-state index contributed by atoms with van der Waals surface area (Å²) in [6, 6.07) is 0.356. The molecule has 1 aromatic heterocycles. The van der Waals surface area contributed by atoms with Gasteiger partial charge in [-0.1, -0.05) is 19.1 Å². The monoisotopic (exact) mass is 408 g/mol. The summed E-state index contributed by atoms with van der Waals surface area (Å²) >= 11 is 0. The largest absolute Gasteiger partial charge is 0.351 e. The van der Waals surface area contributed by atoms with Crippen molar-refractivity contribution in [3.63, 3.8) is 0 Å². The van der Waals surface area contributed by atoms with Crippen LogP contribution in [0.25, 0.3) is 0 Å². The molecular formula is C17H34Cl2N6O. The molecule has 0 aliphatic carbocycles. The summed E-state index contributed by atoms with van der Waals surface area (Å²) in [5.41, 5.74) is 1.35. The Labute approximate surface area is 169 Å². The van der Waals surface area contributed by atoms with Gasteiger partial charge < -0.3 is 15.5 Å². The predicted octanol–water partition coefficient (Wildman–Crippen LogP) is 2.21. The lowest BCUT2D eigenvalue weighted by Gasteiger charge is -2.23. The second kappa shape index (κ2) is 13.3. The third-order valence-electron chi connectivity index (χ3n) is 4.88. The van der Waals surface area contributed by atoms with Crippen molar-refractivity contribution < 1.29 is 4.79 Å². The maximum Gasteiger partial charge on any atom is 0.273 e. The molecule has 1 amide bonds. The fraction of sp³-hybridized carbons (Fsp3) is 0.824. The van der Waals surface area contributed by atoms with Gasteiger partial charge in [0.2, 0.25) is 0 Å². The number of carbonyl (C=O) groups excluding carboxylic acids is 1. The van der Waals surface area contributed by atoms with E-state index in [0.29, 0.717) is 18.3 Å². The van der Waals surface area contributed by atoms with Crippen LogP contribution in [0.4, 0.5) is 0 Å². The molecule has 0 spiro atoms. The van der Waals surface area contributed by atoms with Crippen molar-refractivity contribution in [1.29, 1.82) is 0 Å². The van der Waals surface area contributed by atoms with Gasteiger partial charge in [-0.05, 0) is 65.3 Å². The average molecular weight is 409 g/mol. The lowest BCUT2D eigenvalue weighted by atomic mass is 10.1. The van der Waals surface area contributed by atoms with E-state index >= 15 is 0 Å². The van der Waals surface area contributed by atoms with Gasteiger partial charge in [-0.3, -0.25) is 4.79 Å². The number of piperidine rings is 1. The van der Waals surface area contributed by atoms with Crippen LogP contribution in [0.3, 0.4) is 0 Å². The third kappa shape index (κ3) is 7.02. The highest BCUT2D eigenvalue weighted by Gasteiger charge is 2.22. The van der Waals surface area contributed by atoms with Gasteiger partial charge >= 0.3 is 0 Å². The summed E-state index contributed by atoms with van der Waals surface area (Å²) in [6.07, 6.45) is 4.17. The summed E-state index contributed by atoms with van der Waals surface area (Å²) in [5.74, 6) is -0.101. The second-order valence-corrected chi connectivity index (χ2v) is 6.44. The van der Waals surface area contributed by atoms with Gasteiger partial charge in [0, 0.05) is 6.54 Å². The van der Waals surface area contributed by atoms with Crippen molar-refractivity contribution in [2.45, 2.75) is 52.5 Å². The number of nitrogens with one attached hydrogen (secondary N) is 2. The Morgan fingerprint density at radius 3 is 2.50 bits per heavy atom. The highest BCUT2D eigenvalue weighted by atomic mass is 35.5. The fourth-order valence-corrected chi connectivity index (χ4v) is 3.23. The molecule has 2 heterocycles. The minimum Gasteiger partial charge on any atom is -0.351 e. The molecule has 2 N–H and O–H groups in total. The quantitative estimate of drug-likeness (QED) is 0.612. The molecule has 1 fully saturated rings. The van der Waals surface area contributed by atoms with Crippen molar-refractivity contribution in [3.05, 3.63) is 11.4 Å². The summed E-state index contributed by atoms with van der Waals surface area (Å²) in [4.78, 5) is 14.7. The van der Waals surface area contributed by atoms with Crippen LogP contribution in [0.5, 0.6) is 0 Å². The fourth-order valence-electron chi connectivity index (χ4n) is 3.23. The standard InChI is InChI=1S/C17H32N6O.2ClH/c1-4-22(5-2)13-7-6-10-19-17(24)16-14(3)23(21-20-16)15-8-11-18-12-9-15;;/h15,18H,4-13H2,1-3H3,(H,19,24);2*1H. The van der Waals surface area contributed by atoms with Crippen LogP contribution in [0, 0.1) is 6.92 Å². The zero-order valence-corrected chi connectivity index (χ0v) is 17.8. The first-order valence-corrected chi connectivity index (χ1v) is 9.30. The predicted molar refractivity (Wildman–Crippen MR) is 110 cm³/mol. The summed E-state index contributed by atoms with van der Waals surface area (Å²) in [5, 5.41) is 14.7. The van der Waals surface area contributed by atoms with Crippen molar-refractivity contribution in [2.24, 2.45) is 0 Å². The number of carbonyl (C=O) groups is 1. The molecule has 1 aliphatic heterocycles. The van der Waals surface area contributed by atoms with Crippen molar-refractivity contribution >= 4 is 30.7 Å². The van der Waals surface area contributed by atoms with Crippen LogP contribution in [-0.4, -0.2) is 65.1 Å². The highest BCUT2D eigenvalue weighted by Crippen LogP contribution is 2.20. The zero-order valence-electron chi connectivity index (χ0n) is 16.2. The van der Waals surface area contributed by atoms with Crippen LogP contribution in [0.1, 0.15) is 61.8 Å². The Hall–Kier alpha value is -0.890. The minimum atomic E-state index is -0.101. The van der Waals surface area contributed by atoms with Gasteiger partial charge in [-0.25, -0.2) is 4.68 Å². The molecule has 0 saturated carbocycles. The van der Waals surface area contributed by atoms with Crippen LogP contribution >= 0.6 is 24.8 Å². The molecule has 7 nitrogen and oxygen atoms in total. The molecule has 152 valence electrons. The van der Waals surface area contributed by atoms with Crippen molar-refractivity contribution in [2.75, 3.05) is 39.3 Å². The topological polar surface area (TPSA) is 75.1 Å². The van der Waals surface area contributed by atoms with Crippen molar-refractivity contribution in [1.82, 2.24) is 30.5 Å². The van der Waals surface area contributed by atoms with E-state index in [4.69, 9.17) is 0 Å². The second-order valence-electron chi connectivity index (χ2n) is 6.44. The number of aromatic nitrogens is 3. The molecule has 2 rings (SSSR count). The number of hydrogen-bond acceptors (Lipinski definition) is 5. The van der Waals surface area contributed by atoms with Gasteiger partial charge in [-0.15, -0.1) is 29.9 Å². The molecule has 1 aliphatic rings. The van der Waals surface area contributed by atoms with Gasteiger partial charge in [0.05, 0.1) is 11.7 Å². The number of unbranched alkanes of at least 4 members (excludes halogenated alkanes) is 1. The molecule has 0 unspecified atom stereocenters. The molecule has 1 aromatic rings. The first kappa shape index (κ1) is 25.1. The number of halogens is 2. The SMILES string of the molecule is CCN(CC)CCCCNC(=O)c1nnn(C2CCNCC2)c1C.Cl.Cl. The highest BCUT2D eigenvalue weighted by molar-refractivity contribution is 5.93. The van der Waals surface area contributed by atoms with E-state index in [9.17, 15) is 4.79 Å². The lowest BCUT2D eigenvalue weighted by Crippen LogP contribution is -2.30. The number of amides is 1. The van der Waals surface area contributed by atoms with E-state index in [2.05, 4.69) is 39.7 Å².